The van der Waals surface area contributed by atoms with Gasteiger partial charge in [0.1, 0.15) is 0 Å². The van der Waals surface area contributed by atoms with Gasteiger partial charge in [0.15, 0.2) is 5.88 Å². The lowest BCUT2D eigenvalue weighted by molar-refractivity contribution is 0.0686. The molecule has 1 aromatic rings. The van der Waals surface area contributed by atoms with Crippen molar-refractivity contribution >= 4 is 5.69 Å². The molecule has 0 bridgehead atoms. The van der Waals surface area contributed by atoms with Crippen LogP contribution in [0, 0.1) is 0 Å². The predicted octanol–water partition coefficient (Wildman–Crippen LogP) is 2.07. The summed E-state index contributed by atoms with van der Waals surface area (Å²) in [5.74, 6) is 0.808. The molecule has 0 fully saturated rings. The topological polar surface area (TPSA) is 44.2 Å². The fourth-order valence-corrected chi connectivity index (χ4v) is 2.53. The number of nitrogens with one attached hydrogen (secondary N) is 1. The van der Waals surface area contributed by atoms with E-state index in [2.05, 4.69) is 5.32 Å². The molecule has 1 aromatic carbocycles. The Labute approximate surface area is 94.7 Å². The Bertz CT molecular complexity index is 463. The first-order valence-electron chi connectivity index (χ1n) is 5.67. The SMILES string of the molecule is CC1([OH2+])C2=C(Nc3ccccc31)OCCC2. The molecule has 0 saturated heterocycles. The van der Waals surface area contributed by atoms with Crippen LogP contribution in [-0.2, 0) is 10.3 Å². The van der Waals surface area contributed by atoms with E-state index in [-0.39, 0.29) is 0 Å². The van der Waals surface area contributed by atoms with Gasteiger partial charge in [-0.05, 0) is 25.0 Å². The van der Waals surface area contributed by atoms with Crippen LogP contribution in [-0.4, -0.2) is 11.7 Å². The summed E-state index contributed by atoms with van der Waals surface area (Å²) < 4.78 is 5.62. The monoisotopic (exact) mass is 218 g/mol. The van der Waals surface area contributed by atoms with Crippen LogP contribution >= 0.6 is 0 Å². The maximum absolute atomic E-state index is 8.56. The molecule has 3 nitrogen and oxygen atoms in total. The standard InChI is InChI=1S/C13H15NO2/c1-13(15)9-5-2-3-7-11(9)14-12-10(13)6-4-8-16-12/h2-3,5,7,14-15H,4,6,8H2,1H3/p+1. The first-order valence-corrected chi connectivity index (χ1v) is 5.67. The third-order valence-electron chi connectivity index (χ3n) is 3.41. The van der Waals surface area contributed by atoms with E-state index in [1.807, 2.05) is 31.2 Å². The van der Waals surface area contributed by atoms with Crippen molar-refractivity contribution in [2.75, 3.05) is 11.9 Å². The fourth-order valence-electron chi connectivity index (χ4n) is 2.53. The van der Waals surface area contributed by atoms with Crippen LogP contribution in [0.25, 0.3) is 0 Å². The third kappa shape index (κ3) is 1.25. The van der Waals surface area contributed by atoms with Crippen LogP contribution in [0.4, 0.5) is 5.69 Å². The molecule has 0 radical (unpaired) electrons. The van der Waals surface area contributed by atoms with Gasteiger partial charge in [-0.15, -0.1) is 0 Å². The van der Waals surface area contributed by atoms with Gasteiger partial charge in [0.05, 0.1) is 23.4 Å². The molecule has 2 aliphatic heterocycles. The Hall–Kier alpha value is -1.48. The van der Waals surface area contributed by atoms with Crippen molar-refractivity contribution in [3.63, 3.8) is 0 Å². The van der Waals surface area contributed by atoms with Crippen molar-refractivity contribution in [3.8, 4) is 0 Å². The van der Waals surface area contributed by atoms with Gasteiger partial charge in [-0.2, -0.15) is 0 Å². The Kier molecular flexibility index (Phi) is 1.98. The molecule has 3 N–H and O–H groups in total. The van der Waals surface area contributed by atoms with Gasteiger partial charge in [-0.1, -0.05) is 12.1 Å². The molecule has 1 atom stereocenters. The van der Waals surface area contributed by atoms with E-state index >= 15 is 0 Å². The van der Waals surface area contributed by atoms with E-state index in [1.54, 1.807) is 0 Å². The van der Waals surface area contributed by atoms with E-state index in [9.17, 15) is 0 Å². The maximum atomic E-state index is 8.56. The predicted molar refractivity (Wildman–Crippen MR) is 63.2 cm³/mol. The zero-order valence-corrected chi connectivity index (χ0v) is 9.34. The Morgan fingerprint density at radius 2 is 2.19 bits per heavy atom. The van der Waals surface area contributed by atoms with Gasteiger partial charge < -0.3 is 15.2 Å². The van der Waals surface area contributed by atoms with Crippen LogP contribution in [0.3, 0.4) is 0 Å². The number of fused-ring (bicyclic) bond motifs is 1. The summed E-state index contributed by atoms with van der Waals surface area (Å²) in [4.78, 5) is 0. The second-order valence-corrected chi connectivity index (χ2v) is 4.56. The summed E-state index contributed by atoms with van der Waals surface area (Å²) in [5, 5.41) is 11.8. The van der Waals surface area contributed by atoms with Crippen LogP contribution in [0.1, 0.15) is 25.3 Å². The van der Waals surface area contributed by atoms with E-state index < -0.39 is 5.60 Å². The van der Waals surface area contributed by atoms with E-state index in [0.717, 1.165) is 42.2 Å². The minimum absolute atomic E-state index is 0.655. The average molecular weight is 218 g/mol. The summed E-state index contributed by atoms with van der Waals surface area (Å²) in [5.41, 5.74) is 2.47. The normalized spacial score (nSPS) is 27.6. The number of hydrogen-bond acceptors (Lipinski definition) is 2. The summed E-state index contributed by atoms with van der Waals surface area (Å²) in [6.45, 7) is 2.71. The molecule has 0 spiro atoms. The van der Waals surface area contributed by atoms with Crippen molar-refractivity contribution in [2.24, 2.45) is 0 Å². The molecule has 0 saturated carbocycles. The van der Waals surface area contributed by atoms with Crippen LogP contribution in [0.2, 0.25) is 0 Å². The Morgan fingerprint density at radius 3 is 3.06 bits per heavy atom. The van der Waals surface area contributed by atoms with E-state index in [4.69, 9.17) is 9.84 Å². The Morgan fingerprint density at radius 1 is 1.38 bits per heavy atom. The minimum atomic E-state index is -0.655. The molecular weight excluding hydrogens is 202 g/mol. The van der Waals surface area contributed by atoms with Crippen LogP contribution in [0.15, 0.2) is 35.7 Å². The number of ether oxygens (including phenoxy) is 1. The van der Waals surface area contributed by atoms with Crippen LogP contribution < -0.4 is 5.32 Å². The lowest BCUT2D eigenvalue weighted by Gasteiger charge is -2.34. The number of benzene rings is 1. The van der Waals surface area contributed by atoms with Crippen molar-refractivity contribution < 1.29 is 9.84 Å². The zero-order chi connectivity index (χ0) is 11.2. The van der Waals surface area contributed by atoms with E-state index in [0.29, 0.717) is 0 Å². The molecule has 3 heteroatoms. The molecule has 3 rings (SSSR count). The number of hydrogen-bond donors (Lipinski definition) is 1. The van der Waals surface area contributed by atoms with Crippen molar-refractivity contribution in [2.45, 2.75) is 25.4 Å². The van der Waals surface area contributed by atoms with Gasteiger partial charge in [-0.3, -0.25) is 0 Å². The maximum Gasteiger partial charge on any atom is 0.216 e. The Balaban J connectivity index is 2.16. The number of rotatable bonds is 0. The summed E-state index contributed by atoms with van der Waals surface area (Å²) in [7, 11) is 0. The minimum Gasteiger partial charge on any atom is -0.479 e. The summed E-state index contributed by atoms with van der Waals surface area (Å²) >= 11 is 0. The fraction of sp³-hybridized carbons (Fsp3) is 0.385. The molecule has 0 amide bonds. The second-order valence-electron chi connectivity index (χ2n) is 4.56. The average Bonchev–Trinajstić information content (AvgIpc) is 2.29. The van der Waals surface area contributed by atoms with E-state index in [1.165, 1.54) is 0 Å². The van der Waals surface area contributed by atoms with Crippen molar-refractivity contribution in [1.29, 1.82) is 0 Å². The first-order chi connectivity index (χ1) is 7.69. The highest BCUT2D eigenvalue weighted by molar-refractivity contribution is 5.63. The first kappa shape index (κ1) is 9.73. The smallest absolute Gasteiger partial charge is 0.216 e. The van der Waals surface area contributed by atoms with Crippen LogP contribution in [0.5, 0.6) is 0 Å². The summed E-state index contributed by atoms with van der Waals surface area (Å²) in [6, 6.07) is 8.00. The third-order valence-corrected chi connectivity index (χ3v) is 3.41. The van der Waals surface area contributed by atoms with Gasteiger partial charge in [0, 0.05) is 6.92 Å². The molecule has 84 valence electrons. The molecular formula is C13H16NO2+. The largest absolute Gasteiger partial charge is 0.479 e. The molecule has 2 aliphatic rings. The van der Waals surface area contributed by atoms with Gasteiger partial charge in [0.25, 0.3) is 0 Å². The van der Waals surface area contributed by atoms with Crippen molar-refractivity contribution in [1.82, 2.24) is 0 Å². The molecule has 0 aromatic heterocycles. The van der Waals surface area contributed by atoms with Gasteiger partial charge >= 0.3 is 0 Å². The molecule has 0 aliphatic carbocycles. The highest BCUT2D eigenvalue weighted by Gasteiger charge is 2.42. The van der Waals surface area contributed by atoms with Gasteiger partial charge in [-0.25, -0.2) is 0 Å². The molecule has 1 unspecified atom stereocenters. The highest BCUT2D eigenvalue weighted by Crippen LogP contribution is 2.43. The van der Waals surface area contributed by atoms with Gasteiger partial charge in [0.2, 0.25) is 5.60 Å². The second kappa shape index (κ2) is 3.25. The molecule has 16 heavy (non-hydrogen) atoms. The lowest BCUT2D eigenvalue weighted by Crippen LogP contribution is -2.34. The number of anilines is 1. The number of para-hydroxylation sites is 1. The highest BCUT2D eigenvalue weighted by atomic mass is 16.5. The molecule has 2 heterocycles. The van der Waals surface area contributed by atoms with Crippen molar-refractivity contribution in [3.05, 3.63) is 41.3 Å². The lowest BCUT2D eigenvalue weighted by atomic mass is 9.82. The zero-order valence-electron chi connectivity index (χ0n) is 9.34. The summed E-state index contributed by atoms with van der Waals surface area (Å²) in [6.07, 6.45) is 1.97. The quantitative estimate of drug-likeness (QED) is 0.677.